The van der Waals surface area contributed by atoms with Crippen LogP contribution >= 0.6 is 0 Å². The van der Waals surface area contributed by atoms with Crippen LogP contribution in [0.25, 0.3) is 10.8 Å². The molecular weight excluding hydrogens is 324 g/mol. The third-order valence-corrected chi connectivity index (χ3v) is 4.58. The summed E-state index contributed by atoms with van der Waals surface area (Å²) in [5, 5.41) is 2.41. The van der Waals surface area contributed by atoms with Crippen LogP contribution in [0.4, 0.5) is 0 Å². The van der Waals surface area contributed by atoms with E-state index in [4.69, 9.17) is 10.5 Å². The number of fused-ring (bicyclic) bond motifs is 1. The normalized spacial score (nSPS) is 11.0. The highest BCUT2D eigenvalue weighted by molar-refractivity contribution is 5.92. The highest BCUT2D eigenvalue weighted by Gasteiger charge is 2.05. The van der Waals surface area contributed by atoms with E-state index in [2.05, 4.69) is 42.3 Å². The van der Waals surface area contributed by atoms with E-state index in [9.17, 15) is 4.79 Å². The van der Waals surface area contributed by atoms with Crippen LogP contribution in [0.5, 0.6) is 5.75 Å². The minimum Gasteiger partial charge on any atom is -0.497 e. The number of primary amides is 1. The maximum atomic E-state index is 11.1. The molecule has 0 aliphatic heterocycles. The van der Waals surface area contributed by atoms with Crippen LogP contribution in [-0.2, 0) is 13.0 Å². The molecule has 4 nitrogen and oxygen atoms in total. The second-order valence-electron chi connectivity index (χ2n) is 6.60. The molecule has 3 aromatic rings. The van der Waals surface area contributed by atoms with E-state index in [0.717, 1.165) is 25.3 Å². The van der Waals surface area contributed by atoms with Crippen molar-refractivity contribution in [2.75, 3.05) is 20.7 Å². The van der Waals surface area contributed by atoms with Gasteiger partial charge in [0.1, 0.15) is 5.75 Å². The Labute approximate surface area is 154 Å². The van der Waals surface area contributed by atoms with Crippen LogP contribution in [0.15, 0.2) is 60.7 Å². The van der Waals surface area contributed by atoms with Crippen molar-refractivity contribution in [3.63, 3.8) is 0 Å². The molecule has 0 bridgehead atoms. The van der Waals surface area contributed by atoms with Gasteiger partial charge in [-0.2, -0.15) is 0 Å². The van der Waals surface area contributed by atoms with Crippen molar-refractivity contribution < 1.29 is 9.53 Å². The second-order valence-corrected chi connectivity index (χ2v) is 6.60. The smallest absolute Gasteiger partial charge is 0.248 e. The summed E-state index contributed by atoms with van der Waals surface area (Å²) in [7, 11) is 3.81. The summed E-state index contributed by atoms with van der Waals surface area (Å²) in [6, 6.07) is 20.2. The van der Waals surface area contributed by atoms with E-state index in [1.165, 1.54) is 21.9 Å². The lowest BCUT2D eigenvalue weighted by molar-refractivity contribution is 0.100. The molecule has 0 aliphatic carbocycles. The van der Waals surface area contributed by atoms with Crippen LogP contribution in [0.3, 0.4) is 0 Å². The van der Waals surface area contributed by atoms with E-state index >= 15 is 0 Å². The van der Waals surface area contributed by atoms with Gasteiger partial charge < -0.3 is 15.4 Å². The van der Waals surface area contributed by atoms with Gasteiger partial charge >= 0.3 is 0 Å². The van der Waals surface area contributed by atoms with Crippen LogP contribution in [0.1, 0.15) is 21.5 Å². The van der Waals surface area contributed by atoms with Crippen molar-refractivity contribution in [2.24, 2.45) is 5.73 Å². The highest BCUT2D eigenvalue weighted by Crippen LogP contribution is 2.22. The van der Waals surface area contributed by atoms with Gasteiger partial charge in [-0.15, -0.1) is 0 Å². The fraction of sp³-hybridized carbons (Fsp3) is 0.227. The lowest BCUT2D eigenvalue weighted by atomic mass is 10.1. The number of nitrogens with two attached hydrogens (primary N) is 1. The first-order valence-electron chi connectivity index (χ1n) is 8.69. The number of carbonyl (C=O) groups is 1. The van der Waals surface area contributed by atoms with Gasteiger partial charge in [-0.3, -0.25) is 4.79 Å². The molecule has 0 spiro atoms. The lowest BCUT2D eigenvalue weighted by Gasteiger charge is -2.17. The number of nitrogens with zero attached hydrogens (tertiary/aromatic N) is 1. The van der Waals surface area contributed by atoms with E-state index < -0.39 is 0 Å². The molecule has 0 heterocycles. The van der Waals surface area contributed by atoms with Crippen molar-refractivity contribution in [1.29, 1.82) is 0 Å². The van der Waals surface area contributed by atoms with E-state index in [1.54, 1.807) is 19.2 Å². The molecule has 0 fully saturated rings. The molecule has 0 atom stereocenters. The summed E-state index contributed by atoms with van der Waals surface area (Å²) in [4.78, 5) is 13.4. The van der Waals surface area contributed by atoms with Crippen molar-refractivity contribution in [3.8, 4) is 5.75 Å². The number of likely N-dealkylation sites (N-methyl/N-ethyl adjacent to an activating group) is 1. The van der Waals surface area contributed by atoms with Crippen LogP contribution < -0.4 is 10.5 Å². The Balaban J connectivity index is 1.59. The maximum Gasteiger partial charge on any atom is 0.248 e. The van der Waals surface area contributed by atoms with E-state index in [-0.39, 0.29) is 5.91 Å². The lowest BCUT2D eigenvalue weighted by Crippen LogP contribution is -2.20. The number of benzene rings is 3. The van der Waals surface area contributed by atoms with Crippen molar-refractivity contribution >= 4 is 16.7 Å². The predicted octanol–water partition coefficient (Wildman–Crippen LogP) is 3.62. The minimum atomic E-state index is -0.386. The molecule has 4 heteroatoms. The Morgan fingerprint density at radius 1 is 0.962 bits per heavy atom. The maximum absolute atomic E-state index is 11.1. The summed E-state index contributed by atoms with van der Waals surface area (Å²) < 4.78 is 5.28. The first-order valence-corrected chi connectivity index (χ1v) is 8.69. The number of hydrogen-bond donors (Lipinski definition) is 1. The van der Waals surface area contributed by atoms with Gasteiger partial charge in [0, 0.05) is 18.7 Å². The number of amides is 1. The molecule has 0 aromatic heterocycles. The summed E-state index contributed by atoms with van der Waals surface area (Å²) >= 11 is 0. The first kappa shape index (κ1) is 18.0. The Morgan fingerprint density at radius 2 is 1.62 bits per heavy atom. The molecule has 3 rings (SSSR count). The second kappa shape index (κ2) is 8.02. The number of methoxy groups -OCH3 is 1. The molecule has 0 radical (unpaired) electrons. The average Bonchev–Trinajstić information content (AvgIpc) is 2.66. The van der Waals surface area contributed by atoms with Crippen LogP contribution in [0.2, 0.25) is 0 Å². The number of carbonyl (C=O) groups excluding carboxylic acids is 1. The Hall–Kier alpha value is -2.85. The van der Waals surface area contributed by atoms with E-state index in [1.807, 2.05) is 18.2 Å². The summed E-state index contributed by atoms with van der Waals surface area (Å²) in [5.41, 5.74) is 8.31. The monoisotopic (exact) mass is 348 g/mol. The Bertz CT molecular complexity index is 904. The third-order valence-electron chi connectivity index (χ3n) is 4.58. The molecule has 3 aromatic carbocycles. The first-order chi connectivity index (χ1) is 12.5. The van der Waals surface area contributed by atoms with Gasteiger partial charge in [-0.25, -0.2) is 0 Å². The van der Waals surface area contributed by atoms with Gasteiger partial charge in [0.2, 0.25) is 5.91 Å². The zero-order chi connectivity index (χ0) is 18.5. The molecule has 26 heavy (non-hydrogen) atoms. The fourth-order valence-electron chi connectivity index (χ4n) is 3.04. The topological polar surface area (TPSA) is 55.6 Å². The highest BCUT2D eigenvalue weighted by atomic mass is 16.5. The Morgan fingerprint density at radius 3 is 2.31 bits per heavy atom. The van der Waals surface area contributed by atoms with Gasteiger partial charge in [0.05, 0.1) is 7.11 Å². The van der Waals surface area contributed by atoms with Gasteiger partial charge in [0.25, 0.3) is 0 Å². The minimum absolute atomic E-state index is 0.386. The van der Waals surface area contributed by atoms with Crippen LogP contribution in [-0.4, -0.2) is 31.5 Å². The van der Waals surface area contributed by atoms with Gasteiger partial charge in [-0.05, 0) is 65.7 Å². The predicted molar refractivity (Wildman–Crippen MR) is 105 cm³/mol. The van der Waals surface area contributed by atoms with Crippen LogP contribution in [0, 0.1) is 0 Å². The molecule has 0 saturated carbocycles. The molecular formula is C22H24N2O2. The number of hydrogen-bond acceptors (Lipinski definition) is 3. The largest absolute Gasteiger partial charge is 0.497 e. The van der Waals surface area contributed by atoms with Crippen molar-refractivity contribution in [3.05, 3.63) is 77.4 Å². The molecule has 0 aliphatic rings. The fourth-order valence-corrected chi connectivity index (χ4v) is 3.04. The quantitative estimate of drug-likeness (QED) is 0.709. The standard InChI is InChI=1S/C22H24N2O2/c1-24(12-11-16-3-6-18(7-4-16)22(23)25)15-17-5-8-20-14-21(26-2)10-9-19(20)13-17/h3-10,13-14H,11-12,15H2,1-2H3,(H2,23,25). The zero-order valence-corrected chi connectivity index (χ0v) is 15.2. The molecule has 0 unspecified atom stereocenters. The zero-order valence-electron chi connectivity index (χ0n) is 15.2. The third kappa shape index (κ3) is 4.41. The number of rotatable bonds is 7. The SMILES string of the molecule is COc1ccc2cc(CN(C)CCc3ccc(C(N)=O)cc3)ccc2c1. The van der Waals surface area contributed by atoms with Gasteiger partial charge in [-0.1, -0.05) is 30.3 Å². The molecule has 2 N–H and O–H groups in total. The van der Waals surface area contributed by atoms with E-state index in [0.29, 0.717) is 5.56 Å². The number of ether oxygens (including phenoxy) is 1. The molecule has 0 saturated heterocycles. The summed E-state index contributed by atoms with van der Waals surface area (Å²) in [5.74, 6) is 0.493. The Kier molecular flexibility index (Phi) is 5.54. The van der Waals surface area contributed by atoms with Crippen molar-refractivity contribution in [1.82, 2.24) is 4.90 Å². The molecule has 134 valence electrons. The van der Waals surface area contributed by atoms with Gasteiger partial charge in [0.15, 0.2) is 0 Å². The average molecular weight is 348 g/mol. The summed E-state index contributed by atoms with van der Waals surface area (Å²) in [6.07, 6.45) is 0.931. The summed E-state index contributed by atoms with van der Waals surface area (Å²) in [6.45, 7) is 1.83. The van der Waals surface area contributed by atoms with Crippen molar-refractivity contribution in [2.45, 2.75) is 13.0 Å². The molecule has 1 amide bonds.